The van der Waals surface area contributed by atoms with Crippen LogP contribution < -0.4 is 0 Å². The van der Waals surface area contributed by atoms with Crippen LogP contribution >= 0.6 is 31.9 Å². The minimum atomic E-state index is -0.442. The summed E-state index contributed by atoms with van der Waals surface area (Å²) in [5.41, 5.74) is 3.41. The quantitative estimate of drug-likeness (QED) is 0.476. The summed E-state index contributed by atoms with van der Waals surface area (Å²) in [6.07, 6.45) is 5.04. The van der Waals surface area contributed by atoms with Crippen molar-refractivity contribution >= 4 is 42.8 Å². The van der Waals surface area contributed by atoms with Crippen molar-refractivity contribution in [3.05, 3.63) is 68.7 Å². The molecule has 0 amide bonds. The van der Waals surface area contributed by atoms with E-state index in [0.29, 0.717) is 0 Å². The standard InChI is InChI=1S/C22H24Br2N2O/c23-17-7-8-21-18(13-17)19(22(27)9-12-25-10-3-4-11-25)15-26(21)14-16-5-1-2-6-20(16)24/h1-2,5-8,13,15,22,27H,3-4,9-12,14H2. The molecule has 0 aliphatic carbocycles. The van der Waals surface area contributed by atoms with E-state index in [1.807, 2.05) is 6.07 Å². The molecule has 1 aliphatic heterocycles. The Morgan fingerprint density at radius 2 is 1.81 bits per heavy atom. The lowest BCUT2D eigenvalue weighted by Crippen LogP contribution is -2.22. The average Bonchev–Trinajstić information content (AvgIpc) is 3.30. The highest BCUT2D eigenvalue weighted by Crippen LogP contribution is 2.32. The summed E-state index contributed by atoms with van der Waals surface area (Å²) in [5, 5.41) is 12.1. The highest BCUT2D eigenvalue weighted by molar-refractivity contribution is 9.10. The number of benzene rings is 2. The Morgan fingerprint density at radius 1 is 1.04 bits per heavy atom. The van der Waals surface area contributed by atoms with Gasteiger partial charge in [-0.3, -0.25) is 0 Å². The van der Waals surface area contributed by atoms with Crippen molar-refractivity contribution in [1.29, 1.82) is 0 Å². The molecular formula is C22H24Br2N2O. The number of nitrogens with zero attached hydrogens (tertiary/aromatic N) is 2. The molecule has 0 bridgehead atoms. The van der Waals surface area contributed by atoms with Crippen LogP contribution in [-0.2, 0) is 6.54 Å². The number of hydrogen-bond donors (Lipinski definition) is 1. The highest BCUT2D eigenvalue weighted by Gasteiger charge is 2.19. The van der Waals surface area contributed by atoms with Crippen molar-refractivity contribution in [3.63, 3.8) is 0 Å². The van der Waals surface area contributed by atoms with Gasteiger partial charge in [-0.2, -0.15) is 0 Å². The molecule has 1 N–H and O–H groups in total. The summed E-state index contributed by atoms with van der Waals surface area (Å²) in [6.45, 7) is 4.08. The summed E-state index contributed by atoms with van der Waals surface area (Å²) in [6, 6.07) is 14.6. The molecule has 1 atom stereocenters. The lowest BCUT2D eigenvalue weighted by atomic mass is 10.1. The van der Waals surface area contributed by atoms with Gasteiger partial charge < -0.3 is 14.6 Å². The Morgan fingerprint density at radius 3 is 2.59 bits per heavy atom. The predicted molar refractivity (Wildman–Crippen MR) is 118 cm³/mol. The largest absolute Gasteiger partial charge is 0.388 e. The third kappa shape index (κ3) is 4.32. The zero-order valence-corrected chi connectivity index (χ0v) is 18.4. The Kier molecular flexibility index (Phi) is 6.02. The van der Waals surface area contributed by atoms with Gasteiger partial charge in [0.2, 0.25) is 0 Å². The number of aromatic nitrogens is 1. The van der Waals surface area contributed by atoms with Gasteiger partial charge in [-0.25, -0.2) is 0 Å². The van der Waals surface area contributed by atoms with Crippen molar-refractivity contribution in [1.82, 2.24) is 9.47 Å². The van der Waals surface area contributed by atoms with Crippen LogP contribution in [0, 0.1) is 0 Å². The molecule has 1 unspecified atom stereocenters. The number of hydrogen-bond acceptors (Lipinski definition) is 2. The van der Waals surface area contributed by atoms with E-state index >= 15 is 0 Å². The number of aliphatic hydroxyl groups excluding tert-OH is 1. The molecule has 2 heterocycles. The number of halogens is 2. The van der Waals surface area contributed by atoms with Crippen molar-refractivity contribution in [2.45, 2.75) is 31.9 Å². The number of rotatable bonds is 6. The maximum atomic E-state index is 10.9. The summed E-state index contributed by atoms with van der Waals surface area (Å²) in [5.74, 6) is 0. The van der Waals surface area contributed by atoms with Crippen molar-refractivity contribution in [3.8, 4) is 0 Å². The third-order valence-corrected chi connectivity index (χ3v) is 6.72. The maximum Gasteiger partial charge on any atom is 0.0823 e. The van der Waals surface area contributed by atoms with E-state index < -0.39 is 6.10 Å². The second-order valence-corrected chi connectivity index (χ2v) is 9.09. The van der Waals surface area contributed by atoms with Gasteiger partial charge in [0.15, 0.2) is 0 Å². The molecule has 2 aromatic carbocycles. The zero-order chi connectivity index (χ0) is 18.8. The molecule has 0 saturated carbocycles. The molecule has 1 fully saturated rings. The Labute approximate surface area is 177 Å². The number of aliphatic hydroxyl groups is 1. The fourth-order valence-electron chi connectivity index (χ4n) is 3.97. The Hall–Kier alpha value is -1.14. The van der Waals surface area contributed by atoms with Crippen LogP contribution in [0.5, 0.6) is 0 Å². The molecule has 27 heavy (non-hydrogen) atoms. The molecule has 1 aliphatic rings. The molecule has 0 spiro atoms. The molecule has 4 rings (SSSR count). The molecule has 0 radical (unpaired) electrons. The van der Waals surface area contributed by atoms with E-state index in [-0.39, 0.29) is 0 Å². The average molecular weight is 492 g/mol. The smallest absolute Gasteiger partial charge is 0.0823 e. The van der Waals surface area contributed by atoms with Crippen LogP contribution in [0.4, 0.5) is 0 Å². The van der Waals surface area contributed by atoms with Gasteiger partial charge in [0.05, 0.1) is 6.10 Å². The molecular weight excluding hydrogens is 468 g/mol. The van der Waals surface area contributed by atoms with E-state index in [2.05, 4.69) is 83.9 Å². The molecule has 3 aromatic rings. The second kappa shape index (κ2) is 8.48. The summed E-state index contributed by atoms with van der Waals surface area (Å²) < 4.78 is 4.40. The van der Waals surface area contributed by atoms with Crippen LogP contribution in [0.1, 0.15) is 36.5 Å². The molecule has 1 saturated heterocycles. The second-order valence-electron chi connectivity index (χ2n) is 7.32. The van der Waals surface area contributed by atoms with Gasteiger partial charge in [0.1, 0.15) is 0 Å². The van der Waals surface area contributed by atoms with Crippen LogP contribution in [0.25, 0.3) is 10.9 Å². The summed E-state index contributed by atoms with van der Waals surface area (Å²) in [4.78, 5) is 2.46. The van der Waals surface area contributed by atoms with Gasteiger partial charge in [0, 0.05) is 44.7 Å². The molecule has 3 nitrogen and oxygen atoms in total. The maximum absolute atomic E-state index is 10.9. The van der Waals surface area contributed by atoms with Gasteiger partial charge in [-0.15, -0.1) is 0 Å². The molecule has 5 heteroatoms. The van der Waals surface area contributed by atoms with Crippen LogP contribution in [0.3, 0.4) is 0 Å². The van der Waals surface area contributed by atoms with Crippen molar-refractivity contribution in [2.75, 3.05) is 19.6 Å². The fourth-order valence-corrected chi connectivity index (χ4v) is 4.74. The van der Waals surface area contributed by atoms with Gasteiger partial charge in [-0.05, 0) is 62.2 Å². The first-order valence-electron chi connectivity index (χ1n) is 9.54. The minimum absolute atomic E-state index is 0.442. The molecule has 142 valence electrons. The Balaban J connectivity index is 1.63. The summed E-state index contributed by atoms with van der Waals surface area (Å²) >= 11 is 7.24. The number of likely N-dealkylation sites (tertiary alicyclic amines) is 1. The van der Waals surface area contributed by atoms with Gasteiger partial charge >= 0.3 is 0 Å². The van der Waals surface area contributed by atoms with E-state index in [0.717, 1.165) is 44.9 Å². The SMILES string of the molecule is OC(CCN1CCCC1)c1cn(Cc2ccccc2Br)c2ccc(Br)cc12. The van der Waals surface area contributed by atoms with Crippen molar-refractivity contribution in [2.24, 2.45) is 0 Å². The van der Waals surface area contributed by atoms with Crippen molar-refractivity contribution < 1.29 is 5.11 Å². The van der Waals surface area contributed by atoms with Gasteiger partial charge in [0.25, 0.3) is 0 Å². The van der Waals surface area contributed by atoms with Crippen LogP contribution in [-0.4, -0.2) is 34.2 Å². The normalized spacial score (nSPS) is 16.3. The monoisotopic (exact) mass is 490 g/mol. The lowest BCUT2D eigenvalue weighted by molar-refractivity contribution is 0.150. The highest BCUT2D eigenvalue weighted by atomic mass is 79.9. The first kappa shape index (κ1) is 19.2. The van der Waals surface area contributed by atoms with E-state index in [4.69, 9.17) is 0 Å². The first-order valence-corrected chi connectivity index (χ1v) is 11.1. The predicted octanol–water partition coefficient (Wildman–Crippen LogP) is 5.73. The van der Waals surface area contributed by atoms with E-state index in [9.17, 15) is 5.11 Å². The lowest BCUT2D eigenvalue weighted by Gasteiger charge is -2.17. The van der Waals surface area contributed by atoms with Crippen LogP contribution in [0.2, 0.25) is 0 Å². The van der Waals surface area contributed by atoms with Crippen LogP contribution in [0.15, 0.2) is 57.6 Å². The van der Waals surface area contributed by atoms with E-state index in [1.54, 1.807) is 0 Å². The third-order valence-electron chi connectivity index (χ3n) is 5.45. The number of fused-ring (bicyclic) bond motifs is 1. The topological polar surface area (TPSA) is 28.4 Å². The fraction of sp³-hybridized carbons (Fsp3) is 0.364. The first-order chi connectivity index (χ1) is 13.1. The summed E-state index contributed by atoms with van der Waals surface area (Å²) in [7, 11) is 0. The Bertz CT molecular complexity index is 931. The zero-order valence-electron chi connectivity index (χ0n) is 15.2. The molecule has 1 aromatic heterocycles. The minimum Gasteiger partial charge on any atom is -0.388 e. The van der Waals surface area contributed by atoms with Gasteiger partial charge in [-0.1, -0.05) is 50.1 Å². The van der Waals surface area contributed by atoms with E-state index in [1.165, 1.54) is 31.5 Å².